The third-order valence-corrected chi connectivity index (χ3v) is 2.92. The molecule has 1 unspecified atom stereocenters. The summed E-state index contributed by atoms with van der Waals surface area (Å²) in [6, 6.07) is 9.19. The lowest BCUT2D eigenvalue weighted by atomic mass is 10.1. The van der Waals surface area contributed by atoms with Crippen molar-refractivity contribution in [3.05, 3.63) is 29.8 Å². The summed E-state index contributed by atoms with van der Waals surface area (Å²) in [5, 5.41) is 3.56. The summed E-state index contributed by atoms with van der Waals surface area (Å²) < 4.78 is 0. The van der Waals surface area contributed by atoms with Crippen molar-refractivity contribution in [3.8, 4) is 0 Å². The maximum absolute atomic E-state index is 3.56. The monoisotopic (exact) mass is 190 g/mol. The molecule has 1 N–H and O–H groups in total. The van der Waals surface area contributed by atoms with Gasteiger partial charge >= 0.3 is 0 Å². The number of rotatable bonds is 3. The minimum Gasteiger partial charge on any atom is -0.380 e. The summed E-state index contributed by atoms with van der Waals surface area (Å²) in [5.41, 5.74) is 2.78. The average molecular weight is 190 g/mol. The first-order chi connectivity index (χ1) is 6.79. The molecule has 0 aliphatic carbocycles. The van der Waals surface area contributed by atoms with Crippen LogP contribution in [-0.2, 0) is 6.42 Å². The Hall–Kier alpha value is -1.02. The van der Waals surface area contributed by atoms with Crippen LogP contribution in [0.15, 0.2) is 24.3 Å². The van der Waals surface area contributed by atoms with Gasteiger partial charge in [-0.05, 0) is 31.6 Å². The molecule has 76 valence electrons. The Morgan fingerprint density at radius 3 is 2.93 bits per heavy atom. The number of likely N-dealkylation sites (N-methyl/N-ethyl adjacent to an activating group) is 1. The highest BCUT2D eigenvalue weighted by Gasteiger charge is 2.20. The normalized spacial score (nSPS) is 19.5. The molecule has 0 aromatic heterocycles. The van der Waals surface area contributed by atoms with Crippen molar-refractivity contribution in [3.63, 3.8) is 0 Å². The van der Waals surface area contributed by atoms with Crippen LogP contribution in [0.5, 0.6) is 0 Å². The molecule has 2 heteroatoms. The Labute approximate surface area is 85.9 Å². The van der Waals surface area contributed by atoms with Crippen LogP contribution in [0.3, 0.4) is 0 Å². The van der Waals surface area contributed by atoms with Crippen LogP contribution in [0.4, 0.5) is 5.69 Å². The Morgan fingerprint density at radius 2 is 2.21 bits per heavy atom. The zero-order valence-electron chi connectivity index (χ0n) is 8.96. The van der Waals surface area contributed by atoms with E-state index in [0.717, 1.165) is 13.1 Å². The van der Waals surface area contributed by atoms with Gasteiger partial charge in [0.2, 0.25) is 0 Å². The molecule has 0 amide bonds. The van der Waals surface area contributed by atoms with Crippen LogP contribution < -0.4 is 5.32 Å². The third-order valence-electron chi connectivity index (χ3n) is 2.92. The number of benzene rings is 1. The summed E-state index contributed by atoms with van der Waals surface area (Å²) >= 11 is 0. The molecule has 0 saturated heterocycles. The Morgan fingerprint density at radius 1 is 1.43 bits per heavy atom. The van der Waals surface area contributed by atoms with E-state index in [-0.39, 0.29) is 0 Å². The van der Waals surface area contributed by atoms with Crippen molar-refractivity contribution in [1.29, 1.82) is 0 Å². The first kappa shape index (κ1) is 9.53. The summed E-state index contributed by atoms with van der Waals surface area (Å²) in [5.74, 6) is 0. The van der Waals surface area contributed by atoms with E-state index in [1.807, 2.05) is 0 Å². The van der Waals surface area contributed by atoms with Gasteiger partial charge in [-0.3, -0.25) is 0 Å². The molecule has 1 aliphatic heterocycles. The lowest BCUT2D eigenvalue weighted by molar-refractivity contribution is 0.337. The number of anilines is 1. The summed E-state index contributed by atoms with van der Waals surface area (Å²) in [6.45, 7) is 4.45. The molecule has 2 nitrogen and oxygen atoms in total. The van der Waals surface area contributed by atoms with E-state index < -0.39 is 0 Å². The number of nitrogens with one attached hydrogen (secondary N) is 1. The predicted molar refractivity (Wildman–Crippen MR) is 60.7 cm³/mol. The van der Waals surface area contributed by atoms with Gasteiger partial charge in [0.05, 0.1) is 0 Å². The molecule has 0 fully saturated rings. The highest BCUT2D eigenvalue weighted by atomic mass is 15.1. The molecular formula is C12H18N2. The lowest BCUT2D eigenvalue weighted by Crippen LogP contribution is -2.32. The molecular weight excluding hydrogens is 172 g/mol. The molecule has 0 radical (unpaired) electrons. The van der Waals surface area contributed by atoms with Crippen LogP contribution in [0, 0.1) is 0 Å². The predicted octanol–water partition coefficient (Wildman–Crippen LogP) is 1.97. The molecule has 1 aromatic carbocycles. The van der Waals surface area contributed by atoms with E-state index in [2.05, 4.69) is 48.5 Å². The fourth-order valence-corrected chi connectivity index (χ4v) is 1.99. The molecule has 1 aromatic rings. The molecule has 0 bridgehead atoms. The molecule has 1 aliphatic rings. The number of nitrogens with zero attached hydrogens (tertiary/aromatic N) is 1. The minimum absolute atomic E-state index is 0.595. The molecule has 14 heavy (non-hydrogen) atoms. The van der Waals surface area contributed by atoms with Gasteiger partial charge in [-0.1, -0.05) is 25.1 Å². The Kier molecular flexibility index (Phi) is 2.73. The number of fused-ring (bicyclic) bond motifs is 1. The van der Waals surface area contributed by atoms with Crippen LogP contribution >= 0.6 is 0 Å². The van der Waals surface area contributed by atoms with Gasteiger partial charge in [0.15, 0.2) is 0 Å². The first-order valence-corrected chi connectivity index (χ1v) is 5.32. The summed E-state index contributed by atoms with van der Waals surface area (Å²) in [4.78, 5) is 2.35. The van der Waals surface area contributed by atoms with Gasteiger partial charge in [-0.25, -0.2) is 0 Å². The molecule has 0 spiro atoms. The van der Waals surface area contributed by atoms with Crippen LogP contribution in [0.2, 0.25) is 0 Å². The number of hydrogen-bond acceptors (Lipinski definition) is 2. The number of para-hydroxylation sites is 1. The van der Waals surface area contributed by atoms with Crippen molar-refractivity contribution in [1.82, 2.24) is 4.90 Å². The highest BCUT2D eigenvalue weighted by molar-refractivity contribution is 5.56. The lowest BCUT2D eigenvalue weighted by Gasteiger charge is -2.19. The highest BCUT2D eigenvalue weighted by Crippen LogP contribution is 2.25. The van der Waals surface area contributed by atoms with Gasteiger partial charge in [-0.15, -0.1) is 0 Å². The zero-order valence-corrected chi connectivity index (χ0v) is 8.96. The fraction of sp³-hybridized carbons (Fsp3) is 0.500. The molecule has 1 heterocycles. The number of hydrogen-bond donors (Lipinski definition) is 1. The van der Waals surface area contributed by atoms with Crippen LogP contribution in [-0.4, -0.2) is 31.1 Å². The van der Waals surface area contributed by atoms with Crippen molar-refractivity contribution in [2.45, 2.75) is 19.4 Å². The van der Waals surface area contributed by atoms with Gasteiger partial charge in [-0.2, -0.15) is 0 Å². The minimum atomic E-state index is 0.595. The zero-order chi connectivity index (χ0) is 9.97. The third kappa shape index (κ3) is 1.90. The topological polar surface area (TPSA) is 15.3 Å². The van der Waals surface area contributed by atoms with Crippen molar-refractivity contribution in [2.75, 3.05) is 25.5 Å². The van der Waals surface area contributed by atoms with E-state index in [1.165, 1.54) is 17.7 Å². The molecule has 2 rings (SSSR count). The maximum Gasteiger partial charge on any atom is 0.0429 e. The van der Waals surface area contributed by atoms with Gasteiger partial charge in [0.1, 0.15) is 0 Å². The van der Waals surface area contributed by atoms with Crippen LogP contribution in [0.25, 0.3) is 0 Å². The van der Waals surface area contributed by atoms with Gasteiger partial charge < -0.3 is 10.2 Å². The van der Waals surface area contributed by atoms with E-state index >= 15 is 0 Å². The van der Waals surface area contributed by atoms with Crippen LogP contribution in [0.1, 0.15) is 12.5 Å². The van der Waals surface area contributed by atoms with Crippen molar-refractivity contribution in [2.24, 2.45) is 0 Å². The second-order valence-corrected chi connectivity index (χ2v) is 4.06. The second kappa shape index (κ2) is 4.01. The Bertz CT molecular complexity index is 284. The molecule has 1 atom stereocenters. The first-order valence-electron chi connectivity index (χ1n) is 5.32. The van der Waals surface area contributed by atoms with Crippen molar-refractivity contribution < 1.29 is 0 Å². The maximum atomic E-state index is 3.56. The van der Waals surface area contributed by atoms with Gasteiger partial charge in [0, 0.05) is 18.3 Å². The summed E-state index contributed by atoms with van der Waals surface area (Å²) in [7, 11) is 2.17. The quantitative estimate of drug-likeness (QED) is 0.784. The smallest absolute Gasteiger partial charge is 0.0429 e. The van der Waals surface area contributed by atoms with E-state index in [0.29, 0.717) is 6.04 Å². The van der Waals surface area contributed by atoms with E-state index in [9.17, 15) is 0 Å². The fourth-order valence-electron chi connectivity index (χ4n) is 1.99. The SMILES string of the molecule is CCN(C)CC1Cc2ccccc2N1. The van der Waals surface area contributed by atoms with Gasteiger partial charge in [0.25, 0.3) is 0 Å². The van der Waals surface area contributed by atoms with E-state index in [1.54, 1.807) is 0 Å². The second-order valence-electron chi connectivity index (χ2n) is 4.06. The molecule has 0 saturated carbocycles. The largest absolute Gasteiger partial charge is 0.380 e. The standard InChI is InChI=1S/C12H18N2/c1-3-14(2)9-11-8-10-6-4-5-7-12(10)13-11/h4-7,11,13H,3,8-9H2,1-2H3. The Balaban J connectivity index is 1.98. The van der Waals surface area contributed by atoms with Crippen molar-refractivity contribution >= 4 is 5.69 Å². The van der Waals surface area contributed by atoms with E-state index in [4.69, 9.17) is 0 Å². The average Bonchev–Trinajstić information content (AvgIpc) is 2.59. The summed E-state index contributed by atoms with van der Waals surface area (Å²) in [6.07, 6.45) is 1.17.